The van der Waals surface area contributed by atoms with Gasteiger partial charge in [0.25, 0.3) is 0 Å². The molecule has 8 heavy (non-hydrogen) atoms. The number of hydrogen-bond acceptors (Lipinski definition) is 3. The van der Waals surface area contributed by atoms with Crippen LogP contribution in [0.3, 0.4) is 0 Å². The Morgan fingerprint density at radius 1 is 1.75 bits per heavy atom. The third-order valence-corrected chi connectivity index (χ3v) is 1.10. The molecule has 2 rings (SSSR count). The first-order valence-electron chi connectivity index (χ1n) is 2.33. The van der Waals surface area contributed by atoms with Crippen LogP contribution >= 0.6 is 0 Å². The second kappa shape index (κ2) is 0.992. The highest BCUT2D eigenvalue weighted by molar-refractivity contribution is 6.19. The van der Waals surface area contributed by atoms with E-state index in [9.17, 15) is 4.79 Å². The first kappa shape index (κ1) is 3.83. The van der Waals surface area contributed by atoms with Gasteiger partial charge in [-0.05, 0) is 0 Å². The van der Waals surface area contributed by atoms with E-state index in [2.05, 4.69) is 4.99 Å². The number of fused-ring (bicyclic) bond motifs is 1. The van der Waals surface area contributed by atoms with Crippen molar-refractivity contribution in [3.05, 3.63) is 12.3 Å². The zero-order valence-corrected chi connectivity index (χ0v) is 4.00. The highest BCUT2D eigenvalue weighted by Gasteiger charge is 2.42. The molecular formula is C5H3NO2. The van der Waals surface area contributed by atoms with Gasteiger partial charge in [0.1, 0.15) is 0 Å². The fourth-order valence-corrected chi connectivity index (χ4v) is 0.636. The average Bonchev–Trinajstić information content (AvgIpc) is 2.45. The normalized spacial score (nSPS) is 30.8. The van der Waals surface area contributed by atoms with Crippen molar-refractivity contribution in [2.45, 2.75) is 6.10 Å². The molecule has 3 heteroatoms. The van der Waals surface area contributed by atoms with E-state index < -0.39 is 0 Å². The van der Waals surface area contributed by atoms with Crippen LogP contribution in [0.2, 0.25) is 0 Å². The zero-order chi connectivity index (χ0) is 5.56. The van der Waals surface area contributed by atoms with E-state index in [4.69, 9.17) is 4.74 Å². The Bertz CT molecular complexity index is 202. The van der Waals surface area contributed by atoms with Crippen LogP contribution in [0, 0.1) is 0 Å². The van der Waals surface area contributed by atoms with Crippen molar-refractivity contribution in [2.75, 3.05) is 0 Å². The Labute approximate surface area is 45.7 Å². The Morgan fingerprint density at radius 2 is 2.62 bits per heavy atom. The second-order valence-electron chi connectivity index (χ2n) is 1.68. The lowest BCUT2D eigenvalue weighted by Crippen LogP contribution is -2.05. The van der Waals surface area contributed by atoms with Gasteiger partial charge in [0.05, 0.1) is 0 Å². The Balaban J connectivity index is 2.40. The number of ether oxygens (including phenoxy) is 1. The molecule has 1 fully saturated rings. The molecule has 1 atom stereocenters. The molecule has 0 radical (unpaired) electrons. The summed E-state index contributed by atoms with van der Waals surface area (Å²) >= 11 is 0. The quantitative estimate of drug-likeness (QED) is 0.407. The van der Waals surface area contributed by atoms with Crippen LogP contribution in [0.25, 0.3) is 0 Å². The highest BCUT2D eigenvalue weighted by atomic mass is 16.6. The molecule has 0 aromatic heterocycles. The molecule has 2 heterocycles. The maximum Gasteiger partial charge on any atom is 0.240 e. The SMILES string of the molecule is O=C1C=CN=C2OC12. The number of hydrogen-bond donors (Lipinski definition) is 0. The molecule has 0 saturated carbocycles. The molecule has 0 spiro atoms. The lowest BCUT2D eigenvalue weighted by atomic mass is 10.3. The molecule has 0 aromatic rings. The Kier molecular flexibility index (Phi) is 0.475. The monoisotopic (exact) mass is 109 g/mol. The van der Waals surface area contributed by atoms with Gasteiger partial charge in [-0.3, -0.25) is 4.79 Å². The predicted octanol–water partition coefficient (Wildman–Crippen LogP) is -0.120. The summed E-state index contributed by atoms with van der Waals surface area (Å²) in [5.41, 5.74) is 0. The molecule has 1 saturated heterocycles. The first-order chi connectivity index (χ1) is 3.88. The standard InChI is InChI=1S/C5H3NO2/c7-3-1-2-6-5-4(3)8-5/h1-2,4H. The number of ketones is 1. The summed E-state index contributed by atoms with van der Waals surface area (Å²) in [5, 5.41) is 0. The van der Waals surface area contributed by atoms with E-state index in [-0.39, 0.29) is 11.9 Å². The van der Waals surface area contributed by atoms with Crippen molar-refractivity contribution in [2.24, 2.45) is 4.99 Å². The number of nitrogens with zero attached hydrogens (tertiary/aromatic N) is 1. The van der Waals surface area contributed by atoms with Crippen LogP contribution in [-0.2, 0) is 9.53 Å². The van der Waals surface area contributed by atoms with Crippen molar-refractivity contribution in [3.63, 3.8) is 0 Å². The lowest BCUT2D eigenvalue weighted by molar-refractivity contribution is -0.115. The van der Waals surface area contributed by atoms with Crippen molar-refractivity contribution < 1.29 is 9.53 Å². The number of carbonyl (C=O) groups excluding carboxylic acids is 1. The van der Waals surface area contributed by atoms with E-state index in [0.717, 1.165) is 0 Å². The van der Waals surface area contributed by atoms with E-state index >= 15 is 0 Å². The van der Waals surface area contributed by atoms with Gasteiger partial charge in [-0.2, -0.15) is 0 Å². The van der Waals surface area contributed by atoms with Crippen LogP contribution in [0.1, 0.15) is 0 Å². The number of aliphatic imine (C=N–C) groups is 1. The molecule has 0 N–H and O–H groups in total. The minimum Gasteiger partial charge on any atom is -0.456 e. The van der Waals surface area contributed by atoms with Gasteiger partial charge in [-0.1, -0.05) is 0 Å². The summed E-state index contributed by atoms with van der Waals surface area (Å²) in [7, 11) is 0. The smallest absolute Gasteiger partial charge is 0.240 e. The molecule has 0 aliphatic carbocycles. The summed E-state index contributed by atoms with van der Waals surface area (Å²) in [6.07, 6.45) is 2.57. The highest BCUT2D eigenvalue weighted by Crippen LogP contribution is 2.19. The van der Waals surface area contributed by atoms with Gasteiger partial charge in [0, 0.05) is 12.3 Å². The van der Waals surface area contributed by atoms with Crippen molar-refractivity contribution >= 4 is 11.7 Å². The van der Waals surface area contributed by atoms with Gasteiger partial charge < -0.3 is 4.74 Å². The summed E-state index contributed by atoms with van der Waals surface area (Å²) in [6.45, 7) is 0. The molecule has 0 bridgehead atoms. The average molecular weight is 109 g/mol. The lowest BCUT2D eigenvalue weighted by Gasteiger charge is -1.81. The molecule has 1 unspecified atom stereocenters. The molecule has 2 aliphatic rings. The number of rotatable bonds is 0. The molecular weight excluding hydrogens is 106 g/mol. The largest absolute Gasteiger partial charge is 0.456 e. The maximum atomic E-state index is 10.5. The predicted molar refractivity (Wildman–Crippen MR) is 26.5 cm³/mol. The Hall–Kier alpha value is -1.12. The van der Waals surface area contributed by atoms with Crippen LogP contribution < -0.4 is 0 Å². The Morgan fingerprint density at radius 3 is 3.25 bits per heavy atom. The number of epoxide rings is 1. The second-order valence-corrected chi connectivity index (χ2v) is 1.68. The molecule has 2 aliphatic heterocycles. The maximum absolute atomic E-state index is 10.5. The van der Waals surface area contributed by atoms with Crippen molar-refractivity contribution in [1.82, 2.24) is 0 Å². The van der Waals surface area contributed by atoms with Crippen LogP contribution in [-0.4, -0.2) is 17.8 Å². The summed E-state index contributed by atoms with van der Waals surface area (Å²) in [4.78, 5) is 14.3. The van der Waals surface area contributed by atoms with Crippen LogP contribution in [0.5, 0.6) is 0 Å². The van der Waals surface area contributed by atoms with Gasteiger partial charge in [0.15, 0.2) is 0 Å². The van der Waals surface area contributed by atoms with E-state index in [1.807, 2.05) is 0 Å². The van der Waals surface area contributed by atoms with Gasteiger partial charge in [0.2, 0.25) is 17.8 Å². The van der Waals surface area contributed by atoms with Gasteiger partial charge in [-0.25, -0.2) is 4.99 Å². The third-order valence-electron chi connectivity index (χ3n) is 1.10. The topological polar surface area (TPSA) is 42.0 Å². The van der Waals surface area contributed by atoms with Crippen LogP contribution in [0.15, 0.2) is 17.3 Å². The molecule has 3 nitrogen and oxygen atoms in total. The third kappa shape index (κ3) is 0.332. The fraction of sp³-hybridized carbons (Fsp3) is 0.200. The van der Waals surface area contributed by atoms with E-state index in [1.54, 1.807) is 0 Å². The zero-order valence-electron chi connectivity index (χ0n) is 4.00. The number of carbonyl (C=O) groups is 1. The molecule has 0 amide bonds. The van der Waals surface area contributed by atoms with Gasteiger partial charge >= 0.3 is 0 Å². The molecule has 40 valence electrons. The van der Waals surface area contributed by atoms with Gasteiger partial charge in [-0.15, -0.1) is 0 Å². The van der Waals surface area contributed by atoms with Crippen LogP contribution in [0.4, 0.5) is 0 Å². The van der Waals surface area contributed by atoms with Crippen molar-refractivity contribution in [1.29, 1.82) is 0 Å². The summed E-state index contributed by atoms with van der Waals surface area (Å²) in [5.74, 6) is 0.576. The minimum atomic E-state index is -0.306. The first-order valence-corrected chi connectivity index (χ1v) is 2.33. The minimum absolute atomic E-state index is 0.00926. The fourth-order valence-electron chi connectivity index (χ4n) is 0.636. The summed E-state index contributed by atoms with van der Waals surface area (Å²) in [6, 6.07) is 0. The van der Waals surface area contributed by atoms with E-state index in [0.29, 0.717) is 5.90 Å². The van der Waals surface area contributed by atoms with E-state index in [1.165, 1.54) is 12.3 Å². The van der Waals surface area contributed by atoms with Crippen molar-refractivity contribution in [3.8, 4) is 0 Å². The summed E-state index contributed by atoms with van der Waals surface area (Å²) < 4.78 is 4.73. The molecule has 0 aromatic carbocycles.